The fourth-order valence-corrected chi connectivity index (χ4v) is 1.73. The maximum Gasteiger partial charge on any atom is 0.496 e. The van der Waals surface area contributed by atoms with E-state index in [1.165, 1.54) is 6.92 Å². The third-order valence-corrected chi connectivity index (χ3v) is 3.67. The molecule has 0 N–H and O–H groups in total. The molecule has 0 radical (unpaired) electrons. The Hall–Kier alpha value is -1.20. The highest BCUT2D eigenvalue weighted by molar-refractivity contribution is 6.62. The molecular formula is C13H18BNO3. The summed E-state index contributed by atoms with van der Waals surface area (Å²) >= 11 is 0. The summed E-state index contributed by atoms with van der Waals surface area (Å²) in [7, 11) is -0.427. The minimum atomic E-state index is -0.427. The molecule has 1 aliphatic heterocycles. The zero-order chi connectivity index (χ0) is 13.6. The molecule has 0 aromatic carbocycles. The molecule has 96 valence electrons. The summed E-state index contributed by atoms with van der Waals surface area (Å²) in [6, 6.07) is 3.52. The van der Waals surface area contributed by atoms with Gasteiger partial charge in [0.25, 0.3) is 0 Å². The van der Waals surface area contributed by atoms with Crippen molar-refractivity contribution >= 4 is 18.4 Å². The highest BCUT2D eigenvalue weighted by Crippen LogP contribution is 2.36. The molecule has 0 bridgehead atoms. The lowest BCUT2D eigenvalue weighted by molar-refractivity contribution is 0.00578. The zero-order valence-corrected chi connectivity index (χ0v) is 11.5. The van der Waals surface area contributed by atoms with Gasteiger partial charge >= 0.3 is 7.12 Å². The van der Waals surface area contributed by atoms with Crippen LogP contribution < -0.4 is 5.46 Å². The number of Topliss-reactive ketones (excluding diaryl/α,β-unsaturated/α-hetero) is 1. The molecular weight excluding hydrogens is 229 g/mol. The Morgan fingerprint density at radius 1 is 1.17 bits per heavy atom. The number of aromatic nitrogens is 1. The SMILES string of the molecule is CC(=O)c1ccc(B2OC(C)(C)C(C)(C)O2)cn1. The Balaban J connectivity index is 2.22. The van der Waals surface area contributed by atoms with Gasteiger partial charge in [0.2, 0.25) is 0 Å². The molecule has 0 spiro atoms. The Bertz CT molecular complexity index is 452. The molecule has 0 aliphatic carbocycles. The van der Waals surface area contributed by atoms with Crippen molar-refractivity contribution in [3.8, 4) is 0 Å². The second-order valence-corrected chi connectivity index (χ2v) is 5.62. The first-order valence-corrected chi connectivity index (χ1v) is 6.05. The van der Waals surface area contributed by atoms with E-state index in [0.717, 1.165) is 5.46 Å². The Labute approximate surface area is 108 Å². The minimum absolute atomic E-state index is 0.0459. The molecule has 0 atom stereocenters. The van der Waals surface area contributed by atoms with E-state index < -0.39 is 7.12 Å². The third-order valence-electron chi connectivity index (χ3n) is 3.67. The molecule has 5 heteroatoms. The van der Waals surface area contributed by atoms with Crippen molar-refractivity contribution in [3.05, 3.63) is 24.0 Å². The third kappa shape index (κ3) is 2.20. The Morgan fingerprint density at radius 2 is 1.72 bits per heavy atom. The standard InChI is InChI=1S/C13H18BNO3/c1-9(16)11-7-6-10(8-15-11)14-17-12(2,3)13(4,5)18-14/h6-8H,1-5H3. The van der Waals surface area contributed by atoms with Crippen molar-refractivity contribution in [1.29, 1.82) is 0 Å². The van der Waals surface area contributed by atoms with E-state index in [2.05, 4.69) is 4.98 Å². The first-order chi connectivity index (χ1) is 8.23. The molecule has 1 aliphatic rings. The summed E-state index contributed by atoms with van der Waals surface area (Å²) in [5.74, 6) is -0.0459. The Kier molecular flexibility index (Phi) is 3.07. The van der Waals surface area contributed by atoms with Crippen LogP contribution in [0.5, 0.6) is 0 Å². The summed E-state index contributed by atoms with van der Waals surface area (Å²) in [6.07, 6.45) is 1.64. The summed E-state index contributed by atoms with van der Waals surface area (Å²) < 4.78 is 11.8. The van der Waals surface area contributed by atoms with Crippen LogP contribution in [-0.2, 0) is 9.31 Å². The monoisotopic (exact) mass is 247 g/mol. The van der Waals surface area contributed by atoms with Gasteiger partial charge in [0, 0.05) is 18.6 Å². The van der Waals surface area contributed by atoms with Crippen molar-refractivity contribution in [2.45, 2.75) is 45.8 Å². The van der Waals surface area contributed by atoms with Crippen LogP contribution in [0.25, 0.3) is 0 Å². The van der Waals surface area contributed by atoms with Crippen molar-refractivity contribution in [3.63, 3.8) is 0 Å². The van der Waals surface area contributed by atoms with E-state index in [-0.39, 0.29) is 17.0 Å². The van der Waals surface area contributed by atoms with Gasteiger partial charge in [-0.05, 0) is 33.8 Å². The minimum Gasteiger partial charge on any atom is -0.399 e. The molecule has 0 amide bonds. The lowest BCUT2D eigenvalue weighted by Gasteiger charge is -2.32. The van der Waals surface area contributed by atoms with Crippen LogP contribution in [-0.4, -0.2) is 29.1 Å². The van der Waals surface area contributed by atoms with Gasteiger partial charge < -0.3 is 9.31 Å². The first kappa shape index (κ1) is 13.2. The van der Waals surface area contributed by atoms with Gasteiger partial charge in [0.15, 0.2) is 5.78 Å². The normalized spacial score (nSPS) is 21.1. The number of nitrogens with zero attached hydrogens (tertiary/aromatic N) is 1. The van der Waals surface area contributed by atoms with Gasteiger partial charge in [-0.3, -0.25) is 9.78 Å². The van der Waals surface area contributed by atoms with E-state index in [0.29, 0.717) is 5.69 Å². The van der Waals surface area contributed by atoms with Crippen LogP contribution in [0, 0.1) is 0 Å². The molecule has 0 unspecified atom stereocenters. The second-order valence-electron chi connectivity index (χ2n) is 5.62. The van der Waals surface area contributed by atoms with Crippen LogP contribution in [0.3, 0.4) is 0 Å². The maximum atomic E-state index is 11.2. The van der Waals surface area contributed by atoms with E-state index >= 15 is 0 Å². The predicted molar refractivity (Wildman–Crippen MR) is 70.0 cm³/mol. The average molecular weight is 247 g/mol. The molecule has 1 aromatic rings. The van der Waals surface area contributed by atoms with E-state index in [9.17, 15) is 4.79 Å². The topological polar surface area (TPSA) is 48.4 Å². The van der Waals surface area contributed by atoms with E-state index in [1.54, 1.807) is 12.3 Å². The molecule has 2 rings (SSSR count). The lowest BCUT2D eigenvalue weighted by Crippen LogP contribution is -2.41. The van der Waals surface area contributed by atoms with Gasteiger partial charge in [0.1, 0.15) is 5.69 Å². The van der Waals surface area contributed by atoms with Crippen LogP contribution in [0.4, 0.5) is 0 Å². The fraction of sp³-hybridized carbons (Fsp3) is 0.538. The van der Waals surface area contributed by atoms with Gasteiger partial charge in [-0.1, -0.05) is 6.07 Å². The molecule has 2 heterocycles. The summed E-state index contributed by atoms with van der Waals surface area (Å²) in [5, 5.41) is 0. The predicted octanol–water partition coefficient (Wildman–Crippen LogP) is 1.58. The number of hydrogen-bond acceptors (Lipinski definition) is 4. The molecule has 0 saturated carbocycles. The number of hydrogen-bond donors (Lipinski definition) is 0. The van der Waals surface area contributed by atoms with Crippen LogP contribution in [0.2, 0.25) is 0 Å². The average Bonchev–Trinajstić information content (AvgIpc) is 2.48. The smallest absolute Gasteiger partial charge is 0.399 e. The van der Waals surface area contributed by atoms with Crippen molar-refractivity contribution in [1.82, 2.24) is 4.98 Å². The van der Waals surface area contributed by atoms with Gasteiger partial charge in [-0.15, -0.1) is 0 Å². The molecule has 18 heavy (non-hydrogen) atoms. The highest BCUT2D eigenvalue weighted by Gasteiger charge is 2.51. The van der Waals surface area contributed by atoms with Gasteiger partial charge in [0.05, 0.1) is 11.2 Å². The van der Waals surface area contributed by atoms with Crippen molar-refractivity contribution < 1.29 is 14.1 Å². The van der Waals surface area contributed by atoms with Crippen molar-refractivity contribution in [2.24, 2.45) is 0 Å². The number of carbonyl (C=O) groups is 1. The molecule has 1 aromatic heterocycles. The van der Waals surface area contributed by atoms with Gasteiger partial charge in [-0.25, -0.2) is 0 Å². The van der Waals surface area contributed by atoms with Crippen LogP contribution in [0.1, 0.15) is 45.1 Å². The summed E-state index contributed by atoms with van der Waals surface area (Å²) in [6.45, 7) is 9.51. The largest absolute Gasteiger partial charge is 0.496 e. The first-order valence-electron chi connectivity index (χ1n) is 6.05. The zero-order valence-electron chi connectivity index (χ0n) is 11.5. The van der Waals surface area contributed by atoms with Crippen LogP contribution in [0.15, 0.2) is 18.3 Å². The quantitative estimate of drug-likeness (QED) is 0.588. The molecule has 4 nitrogen and oxygen atoms in total. The van der Waals surface area contributed by atoms with Gasteiger partial charge in [-0.2, -0.15) is 0 Å². The second kappa shape index (κ2) is 4.18. The van der Waals surface area contributed by atoms with E-state index in [4.69, 9.17) is 9.31 Å². The van der Waals surface area contributed by atoms with Crippen LogP contribution >= 0.6 is 0 Å². The number of ketones is 1. The number of rotatable bonds is 2. The van der Waals surface area contributed by atoms with Crippen molar-refractivity contribution in [2.75, 3.05) is 0 Å². The highest BCUT2D eigenvalue weighted by atomic mass is 16.7. The number of carbonyl (C=O) groups excluding carboxylic acids is 1. The summed E-state index contributed by atoms with van der Waals surface area (Å²) in [5.41, 5.74) is 0.558. The Morgan fingerprint density at radius 3 is 2.11 bits per heavy atom. The fourth-order valence-electron chi connectivity index (χ4n) is 1.73. The number of pyridine rings is 1. The summed E-state index contributed by atoms with van der Waals surface area (Å²) in [4.78, 5) is 15.3. The van der Waals surface area contributed by atoms with E-state index in [1.807, 2.05) is 33.8 Å². The lowest BCUT2D eigenvalue weighted by atomic mass is 9.80. The molecule has 1 saturated heterocycles. The maximum absolute atomic E-state index is 11.2. The molecule has 1 fully saturated rings.